The summed E-state index contributed by atoms with van der Waals surface area (Å²) in [5, 5.41) is 12.4. The third-order valence-electron chi connectivity index (χ3n) is 2.19. The number of amides is 1. The van der Waals surface area contributed by atoms with Crippen LogP contribution in [0.4, 0.5) is 0 Å². The summed E-state index contributed by atoms with van der Waals surface area (Å²) >= 11 is 0. The van der Waals surface area contributed by atoms with Gasteiger partial charge in [0.15, 0.2) is 0 Å². The number of nitrogens with one attached hydrogen (secondary N) is 1. The molecule has 0 aromatic rings. The van der Waals surface area contributed by atoms with Gasteiger partial charge in [0.05, 0.1) is 11.6 Å². The van der Waals surface area contributed by atoms with Crippen molar-refractivity contribution in [1.29, 1.82) is 0 Å². The fraction of sp³-hybridized carbons (Fsp3) is 0.900. The zero-order chi connectivity index (χ0) is 11.4. The van der Waals surface area contributed by atoms with Gasteiger partial charge in [0.2, 0.25) is 5.91 Å². The molecule has 0 rings (SSSR count). The maximum absolute atomic E-state index is 11.6. The molecule has 0 spiro atoms. The fourth-order valence-electron chi connectivity index (χ4n) is 1.15. The van der Waals surface area contributed by atoms with E-state index in [4.69, 9.17) is 0 Å². The first-order valence-electron chi connectivity index (χ1n) is 4.96. The van der Waals surface area contributed by atoms with Crippen molar-refractivity contribution in [3.63, 3.8) is 0 Å². The van der Waals surface area contributed by atoms with E-state index in [1.165, 1.54) is 0 Å². The Labute approximate surface area is 86.3 Å². The first kappa shape index (κ1) is 13.4. The number of β-amino-alcohol motifs (C(OH)–C–C–N with tert-alkyl or cyclic N) is 1. The zero-order valence-electron chi connectivity index (χ0n) is 9.79. The first-order chi connectivity index (χ1) is 6.31. The molecule has 4 nitrogen and oxygen atoms in total. The predicted molar refractivity (Wildman–Crippen MR) is 57.1 cm³/mol. The number of rotatable bonds is 5. The summed E-state index contributed by atoms with van der Waals surface area (Å²) in [6.07, 6.45) is 0.309. The van der Waals surface area contributed by atoms with Gasteiger partial charge in [0.1, 0.15) is 0 Å². The molecular formula is C10H22N2O2. The van der Waals surface area contributed by atoms with Crippen LogP contribution in [0.5, 0.6) is 0 Å². The highest BCUT2D eigenvalue weighted by atomic mass is 16.3. The van der Waals surface area contributed by atoms with Crippen LogP contribution in [0, 0.1) is 0 Å². The minimum Gasteiger partial charge on any atom is -0.392 e. The molecule has 0 bridgehead atoms. The lowest BCUT2D eigenvalue weighted by molar-refractivity contribution is -0.134. The summed E-state index contributed by atoms with van der Waals surface area (Å²) < 4.78 is 0. The van der Waals surface area contributed by atoms with Gasteiger partial charge >= 0.3 is 0 Å². The van der Waals surface area contributed by atoms with Crippen LogP contribution in [-0.4, -0.2) is 48.2 Å². The molecule has 0 heterocycles. The molecule has 0 radical (unpaired) electrons. The van der Waals surface area contributed by atoms with Crippen LogP contribution < -0.4 is 5.32 Å². The van der Waals surface area contributed by atoms with Crippen molar-refractivity contribution < 1.29 is 9.90 Å². The Morgan fingerprint density at radius 1 is 1.50 bits per heavy atom. The van der Waals surface area contributed by atoms with Crippen molar-refractivity contribution in [3.05, 3.63) is 0 Å². The second-order valence-electron chi connectivity index (χ2n) is 4.27. The Bertz CT molecular complexity index is 191. The Hall–Kier alpha value is -0.610. The molecule has 0 aliphatic rings. The smallest absolute Gasteiger partial charge is 0.241 e. The Kier molecular flexibility index (Phi) is 5.08. The largest absolute Gasteiger partial charge is 0.392 e. The number of nitrogens with zero attached hydrogens (tertiary/aromatic N) is 1. The van der Waals surface area contributed by atoms with Gasteiger partial charge in [-0.1, -0.05) is 6.92 Å². The third kappa shape index (κ3) is 4.07. The van der Waals surface area contributed by atoms with Gasteiger partial charge in [-0.15, -0.1) is 0 Å². The predicted octanol–water partition coefficient (Wildman–Crippen LogP) is 0.214. The molecule has 1 atom stereocenters. The summed E-state index contributed by atoms with van der Waals surface area (Å²) in [4.78, 5) is 13.2. The van der Waals surface area contributed by atoms with Crippen molar-refractivity contribution in [2.45, 2.75) is 38.8 Å². The molecule has 0 aromatic carbocycles. The van der Waals surface area contributed by atoms with E-state index >= 15 is 0 Å². The molecule has 2 N–H and O–H groups in total. The number of hydrogen-bond donors (Lipinski definition) is 2. The summed E-state index contributed by atoms with van der Waals surface area (Å²) in [6.45, 7) is 5.99. The van der Waals surface area contributed by atoms with Gasteiger partial charge < -0.3 is 15.3 Å². The van der Waals surface area contributed by atoms with E-state index < -0.39 is 5.54 Å². The molecule has 0 aromatic heterocycles. The number of likely N-dealkylation sites (N-methyl/N-ethyl adjacent to an activating group) is 1. The molecule has 1 amide bonds. The molecule has 84 valence electrons. The van der Waals surface area contributed by atoms with Gasteiger partial charge in [-0.2, -0.15) is 0 Å². The third-order valence-corrected chi connectivity index (χ3v) is 2.19. The summed E-state index contributed by atoms with van der Waals surface area (Å²) in [5.41, 5.74) is -0.611. The Morgan fingerprint density at radius 3 is 2.36 bits per heavy atom. The molecule has 0 saturated carbocycles. The van der Waals surface area contributed by atoms with Crippen molar-refractivity contribution >= 4 is 5.91 Å². The van der Waals surface area contributed by atoms with E-state index in [0.717, 1.165) is 0 Å². The lowest BCUT2D eigenvalue weighted by atomic mass is 10.0. The topological polar surface area (TPSA) is 52.6 Å². The maximum atomic E-state index is 11.6. The lowest BCUT2D eigenvalue weighted by Gasteiger charge is -2.29. The van der Waals surface area contributed by atoms with E-state index in [1.54, 1.807) is 19.0 Å². The number of aliphatic hydroxyl groups is 1. The summed E-state index contributed by atoms with van der Waals surface area (Å²) in [5.74, 6) is 0.0146. The Balaban J connectivity index is 4.13. The van der Waals surface area contributed by atoms with Gasteiger partial charge in [0, 0.05) is 20.6 Å². The SMILES string of the molecule is CC[C@@H](O)CNC(C)(C)C(=O)N(C)C. The van der Waals surface area contributed by atoms with Gasteiger partial charge in [0.25, 0.3) is 0 Å². The fourth-order valence-corrected chi connectivity index (χ4v) is 1.15. The van der Waals surface area contributed by atoms with Crippen molar-refractivity contribution in [2.75, 3.05) is 20.6 Å². The standard InChI is InChI=1S/C10H22N2O2/c1-6-8(13)7-11-10(2,3)9(14)12(4)5/h8,11,13H,6-7H2,1-5H3/t8-/m1/s1. The summed E-state index contributed by atoms with van der Waals surface area (Å²) in [6, 6.07) is 0. The highest BCUT2D eigenvalue weighted by molar-refractivity contribution is 5.85. The normalized spacial score (nSPS) is 13.9. The van der Waals surface area contributed by atoms with Gasteiger partial charge in [-0.25, -0.2) is 0 Å². The number of carbonyl (C=O) groups excluding carboxylic acids is 1. The second-order valence-corrected chi connectivity index (χ2v) is 4.27. The van der Waals surface area contributed by atoms with E-state index in [0.29, 0.717) is 13.0 Å². The molecule has 0 unspecified atom stereocenters. The van der Waals surface area contributed by atoms with E-state index in [2.05, 4.69) is 5.32 Å². The van der Waals surface area contributed by atoms with Crippen LogP contribution in [0.3, 0.4) is 0 Å². The molecule has 14 heavy (non-hydrogen) atoms. The number of aliphatic hydroxyl groups excluding tert-OH is 1. The average Bonchev–Trinajstić information content (AvgIpc) is 2.12. The van der Waals surface area contributed by atoms with E-state index in [1.807, 2.05) is 20.8 Å². The molecule has 0 aliphatic carbocycles. The minimum absolute atomic E-state index is 0.0146. The quantitative estimate of drug-likeness (QED) is 0.670. The molecular weight excluding hydrogens is 180 g/mol. The van der Waals surface area contributed by atoms with Crippen LogP contribution in [0.2, 0.25) is 0 Å². The lowest BCUT2D eigenvalue weighted by Crippen LogP contribution is -2.53. The summed E-state index contributed by atoms with van der Waals surface area (Å²) in [7, 11) is 3.45. The van der Waals surface area contributed by atoms with Crippen LogP contribution in [0.15, 0.2) is 0 Å². The highest BCUT2D eigenvalue weighted by Crippen LogP contribution is 2.05. The van der Waals surface area contributed by atoms with Crippen LogP contribution in [-0.2, 0) is 4.79 Å². The van der Waals surface area contributed by atoms with E-state index in [9.17, 15) is 9.90 Å². The van der Waals surface area contributed by atoms with Crippen LogP contribution in [0.1, 0.15) is 27.2 Å². The molecule has 0 aliphatic heterocycles. The highest BCUT2D eigenvalue weighted by Gasteiger charge is 2.28. The molecule has 0 fully saturated rings. The van der Waals surface area contributed by atoms with Gasteiger partial charge in [-0.05, 0) is 20.3 Å². The van der Waals surface area contributed by atoms with E-state index in [-0.39, 0.29) is 12.0 Å². The average molecular weight is 202 g/mol. The first-order valence-corrected chi connectivity index (χ1v) is 4.96. The monoisotopic (exact) mass is 202 g/mol. The van der Waals surface area contributed by atoms with Crippen molar-refractivity contribution in [3.8, 4) is 0 Å². The maximum Gasteiger partial charge on any atom is 0.241 e. The van der Waals surface area contributed by atoms with Crippen molar-refractivity contribution in [1.82, 2.24) is 10.2 Å². The second kappa shape index (κ2) is 5.32. The van der Waals surface area contributed by atoms with Crippen molar-refractivity contribution in [2.24, 2.45) is 0 Å². The number of hydrogen-bond acceptors (Lipinski definition) is 3. The molecule has 4 heteroatoms. The van der Waals surface area contributed by atoms with Crippen LogP contribution >= 0.6 is 0 Å². The van der Waals surface area contributed by atoms with Gasteiger partial charge in [-0.3, -0.25) is 4.79 Å². The number of carbonyl (C=O) groups is 1. The zero-order valence-corrected chi connectivity index (χ0v) is 9.79. The molecule has 0 saturated heterocycles. The Morgan fingerprint density at radius 2 is 2.00 bits per heavy atom. The minimum atomic E-state index is -0.611. The van der Waals surface area contributed by atoms with Crippen LogP contribution in [0.25, 0.3) is 0 Å².